The first-order chi connectivity index (χ1) is 10.7. The third kappa shape index (κ3) is 4.47. The molecule has 0 aliphatic heterocycles. The summed E-state index contributed by atoms with van der Waals surface area (Å²) in [5.74, 6) is -0.442. The van der Waals surface area contributed by atoms with Crippen LogP contribution in [0, 0.1) is 0 Å². The minimum atomic E-state index is -3.41. The summed E-state index contributed by atoms with van der Waals surface area (Å²) in [5, 5.41) is 3.59. The second kappa shape index (κ2) is 6.91. The maximum Gasteiger partial charge on any atom is 0.253 e. The molecule has 0 bridgehead atoms. The first-order valence-corrected chi connectivity index (χ1v) is 9.39. The van der Waals surface area contributed by atoms with E-state index in [1.54, 1.807) is 12.1 Å². The van der Waals surface area contributed by atoms with Gasteiger partial charge in [-0.25, -0.2) is 8.42 Å². The van der Waals surface area contributed by atoms with Gasteiger partial charge < -0.3 is 5.32 Å². The van der Waals surface area contributed by atoms with Crippen LogP contribution in [0.3, 0.4) is 0 Å². The molecule has 0 radical (unpaired) electrons. The average molecular weight is 372 g/mol. The van der Waals surface area contributed by atoms with Gasteiger partial charge in [-0.3, -0.25) is 4.79 Å². The molecule has 0 fully saturated rings. The summed E-state index contributed by atoms with van der Waals surface area (Å²) in [5.41, 5.74) is 0.994. The Bertz CT molecular complexity index is 833. The van der Waals surface area contributed by atoms with Gasteiger partial charge in [0.15, 0.2) is 9.84 Å². The van der Waals surface area contributed by atoms with E-state index in [1.807, 2.05) is 19.1 Å². The molecule has 1 N–H and O–H groups in total. The normalized spacial score (nSPS) is 12.7. The van der Waals surface area contributed by atoms with Crippen molar-refractivity contribution in [3.63, 3.8) is 0 Å². The summed E-state index contributed by atoms with van der Waals surface area (Å²) < 4.78 is 23.2. The number of carbonyl (C=O) groups is 1. The second-order valence-corrected chi connectivity index (χ2v) is 8.02. The number of amides is 1. The van der Waals surface area contributed by atoms with Gasteiger partial charge in [0.25, 0.3) is 5.91 Å². The fraction of sp³-hybridized carbons (Fsp3) is 0.188. The number of carbonyl (C=O) groups excluding carboxylic acids is 1. The van der Waals surface area contributed by atoms with Gasteiger partial charge in [-0.1, -0.05) is 35.3 Å². The summed E-state index contributed by atoms with van der Waals surface area (Å²) >= 11 is 11.9. The highest BCUT2D eigenvalue weighted by Crippen LogP contribution is 2.22. The zero-order chi connectivity index (χ0) is 17.2. The molecule has 0 saturated carbocycles. The first-order valence-electron chi connectivity index (χ1n) is 6.74. The van der Waals surface area contributed by atoms with E-state index >= 15 is 0 Å². The highest BCUT2D eigenvalue weighted by molar-refractivity contribution is 7.90. The monoisotopic (exact) mass is 371 g/mol. The Kier molecular flexibility index (Phi) is 5.34. The van der Waals surface area contributed by atoms with E-state index in [4.69, 9.17) is 23.2 Å². The average Bonchev–Trinajstić information content (AvgIpc) is 2.46. The van der Waals surface area contributed by atoms with Crippen molar-refractivity contribution in [3.05, 3.63) is 63.6 Å². The van der Waals surface area contributed by atoms with Crippen molar-refractivity contribution in [2.24, 2.45) is 0 Å². The van der Waals surface area contributed by atoms with E-state index in [0.29, 0.717) is 5.02 Å². The van der Waals surface area contributed by atoms with Gasteiger partial charge in [0, 0.05) is 11.3 Å². The highest BCUT2D eigenvalue weighted by Gasteiger charge is 2.17. The third-order valence-electron chi connectivity index (χ3n) is 3.33. The van der Waals surface area contributed by atoms with E-state index in [1.165, 1.54) is 18.2 Å². The van der Waals surface area contributed by atoms with Gasteiger partial charge in [0.05, 0.1) is 21.5 Å². The Morgan fingerprint density at radius 2 is 1.70 bits per heavy atom. The molecule has 2 aromatic rings. The van der Waals surface area contributed by atoms with Crippen molar-refractivity contribution in [1.82, 2.24) is 5.32 Å². The SMILES string of the molecule is CC(NC(=O)c1cc(S(C)(=O)=O)ccc1Cl)c1ccc(Cl)cc1. The van der Waals surface area contributed by atoms with Crippen LogP contribution in [0.4, 0.5) is 0 Å². The Morgan fingerprint density at radius 1 is 1.09 bits per heavy atom. The molecule has 0 heterocycles. The molecular weight excluding hydrogens is 357 g/mol. The van der Waals surface area contributed by atoms with Gasteiger partial charge in [-0.05, 0) is 42.8 Å². The van der Waals surface area contributed by atoms with Crippen molar-refractivity contribution in [2.75, 3.05) is 6.26 Å². The molecule has 4 nitrogen and oxygen atoms in total. The van der Waals surface area contributed by atoms with Crippen LogP contribution in [0.5, 0.6) is 0 Å². The number of benzene rings is 2. The number of sulfone groups is 1. The molecule has 0 spiro atoms. The van der Waals surface area contributed by atoms with Gasteiger partial charge >= 0.3 is 0 Å². The van der Waals surface area contributed by atoms with Crippen molar-refractivity contribution >= 4 is 38.9 Å². The van der Waals surface area contributed by atoms with Crippen molar-refractivity contribution in [1.29, 1.82) is 0 Å². The largest absolute Gasteiger partial charge is 0.345 e. The van der Waals surface area contributed by atoms with E-state index in [2.05, 4.69) is 5.32 Å². The predicted molar refractivity (Wildman–Crippen MR) is 91.9 cm³/mol. The summed E-state index contributed by atoms with van der Waals surface area (Å²) in [4.78, 5) is 12.4. The van der Waals surface area contributed by atoms with Crippen molar-refractivity contribution < 1.29 is 13.2 Å². The molecule has 1 amide bonds. The molecule has 0 saturated heterocycles. The lowest BCUT2D eigenvalue weighted by atomic mass is 10.1. The molecule has 1 atom stereocenters. The minimum Gasteiger partial charge on any atom is -0.345 e. The molecule has 7 heteroatoms. The first kappa shape index (κ1) is 17.8. The summed E-state index contributed by atoms with van der Waals surface area (Å²) in [7, 11) is -3.41. The van der Waals surface area contributed by atoms with E-state index < -0.39 is 15.7 Å². The van der Waals surface area contributed by atoms with Crippen LogP contribution < -0.4 is 5.32 Å². The van der Waals surface area contributed by atoms with Crippen LogP contribution in [0.2, 0.25) is 10.0 Å². The van der Waals surface area contributed by atoms with Gasteiger partial charge in [0.1, 0.15) is 0 Å². The summed E-state index contributed by atoms with van der Waals surface area (Å²) in [6, 6.07) is 10.9. The predicted octanol–water partition coefficient (Wildman–Crippen LogP) is 3.89. The summed E-state index contributed by atoms with van der Waals surface area (Å²) in [6.45, 7) is 1.81. The standard InChI is InChI=1S/C16H15Cl2NO3S/c1-10(11-3-5-12(17)6-4-11)19-16(20)14-9-13(23(2,21)22)7-8-15(14)18/h3-10H,1-2H3,(H,19,20). The Morgan fingerprint density at radius 3 is 2.26 bits per heavy atom. The van der Waals surface area contributed by atoms with Crippen LogP contribution in [-0.4, -0.2) is 20.6 Å². The number of hydrogen-bond acceptors (Lipinski definition) is 3. The third-order valence-corrected chi connectivity index (χ3v) is 5.02. The van der Waals surface area contributed by atoms with Crippen LogP contribution in [0.15, 0.2) is 47.4 Å². The Labute approximate surface area is 145 Å². The molecule has 0 aliphatic rings. The molecule has 2 rings (SSSR count). The molecular formula is C16H15Cl2NO3S. The number of nitrogens with one attached hydrogen (secondary N) is 1. The molecule has 1 unspecified atom stereocenters. The van der Waals surface area contributed by atoms with E-state index in [-0.39, 0.29) is 21.5 Å². The van der Waals surface area contributed by atoms with Crippen molar-refractivity contribution in [3.8, 4) is 0 Å². The highest BCUT2D eigenvalue weighted by atomic mass is 35.5. The van der Waals surface area contributed by atoms with Crippen LogP contribution in [0.1, 0.15) is 28.9 Å². The number of rotatable bonds is 4. The number of halogens is 2. The molecule has 23 heavy (non-hydrogen) atoms. The quantitative estimate of drug-likeness (QED) is 0.886. The van der Waals surface area contributed by atoms with Crippen LogP contribution in [0.25, 0.3) is 0 Å². The topological polar surface area (TPSA) is 63.2 Å². The lowest BCUT2D eigenvalue weighted by molar-refractivity contribution is 0.0940. The zero-order valence-electron chi connectivity index (χ0n) is 12.5. The Balaban J connectivity index is 2.25. The van der Waals surface area contributed by atoms with Crippen molar-refractivity contribution in [2.45, 2.75) is 17.9 Å². The Hall–Kier alpha value is -1.56. The number of hydrogen-bond donors (Lipinski definition) is 1. The molecule has 2 aromatic carbocycles. The maximum absolute atomic E-state index is 12.4. The summed E-state index contributed by atoms with van der Waals surface area (Å²) in [6.07, 6.45) is 1.08. The van der Waals surface area contributed by atoms with E-state index in [0.717, 1.165) is 11.8 Å². The van der Waals surface area contributed by atoms with Gasteiger partial charge in [-0.2, -0.15) is 0 Å². The van der Waals surface area contributed by atoms with Gasteiger partial charge in [0.2, 0.25) is 0 Å². The van der Waals surface area contributed by atoms with Crippen LogP contribution >= 0.6 is 23.2 Å². The maximum atomic E-state index is 12.4. The molecule has 0 aromatic heterocycles. The fourth-order valence-electron chi connectivity index (χ4n) is 2.02. The molecule has 122 valence electrons. The zero-order valence-corrected chi connectivity index (χ0v) is 14.8. The minimum absolute atomic E-state index is 0.0474. The molecule has 0 aliphatic carbocycles. The van der Waals surface area contributed by atoms with E-state index in [9.17, 15) is 13.2 Å². The van der Waals surface area contributed by atoms with Crippen LogP contribution in [-0.2, 0) is 9.84 Å². The van der Waals surface area contributed by atoms with Gasteiger partial charge in [-0.15, -0.1) is 0 Å². The fourth-order valence-corrected chi connectivity index (χ4v) is 2.99. The lowest BCUT2D eigenvalue weighted by Gasteiger charge is -2.15. The smallest absolute Gasteiger partial charge is 0.253 e. The second-order valence-electron chi connectivity index (χ2n) is 5.16. The lowest BCUT2D eigenvalue weighted by Crippen LogP contribution is -2.27.